The van der Waals surface area contributed by atoms with Gasteiger partial charge in [0.15, 0.2) is 5.82 Å². The maximum atomic E-state index is 6.07. The minimum absolute atomic E-state index is 0.134. The van der Waals surface area contributed by atoms with E-state index in [9.17, 15) is 0 Å². The van der Waals surface area contributed by atoms with Crippen LogP contribution in [-0.4, -0.2) is 64.7 Å². The summed E-state index contributed by atoms with van der Waals surface area (Å²) >= 11 is 1.78. The summed E-state index contributed by atoms with van der Waals surface area (Å²) in [6, 6.07) is 0.150. The first-order valence-corrected chi connectivity index (χ1v) is 8.21. The molecule has 3 aliphatic heterocycles. The average Bonchev–Trinajstić information content (AvgIpc) is 2.95. The van der Waals surface area contributed by atoms with Crippen molar-refractivity contribution in [3.05, 3.63) is 11.7 Å². The van der Waals surface area contributed by atoms with Crippen molar-refractivity contribution >= 4 is 11.8 Å². The topological polar surface area (TPSA) is 71.4 Å². The van der Waals surface area contributed by atoms with E-state index in [4.69, 9.17) is 10.3 Å². The van der Waals surface area contributed by atoms with Gasteiger partial charge in [-0.05, 0) is 18.4 Å². The summed E-state index contributed by atoms with van der Waals surface area (Å²) in [6.45, 7) is 5.54. The molecule has 0 aromatic carbocycles. The van der Waals surface area contributed by atoms with E-state index in [0.29, 0.717) is 5.89 Å². The van der Waals surface area contributed by atoms with Crippen LogP contribution in [0.25, 0.3) is 0 Å². The molecular formula is C12H21N5OS. The average molecular weight is 283 g/mol. The number of nitrogens with two attached hydrogens (primary N) is 1. The van der Waals surface area contributed by atoms with Crippen molar-refractivity contribution in [3.63, 3.8) is 0 Å². The van der Waals surface area contributed by atoms with Crippen molar-refractivity contribution < 1.29 is 4.52 Å². The van der Waals surface area contributed by atoms with Gasteiger partial charge in [-0.2, -0.15) is 16.7 Å². The van der Waals surface area contributed by atoms with Gasteiger partial charge in [0.25, 0.3) is 0 Å². The molecule has 2 atom stereocenters. The monoisotopic (exact) mass is 283 g/mol. The zero-order valence-electron chi connectivity index (χ0n) is 11.3. The van der Waals surface area contributed by atoms with E-state index in [1.54, 1.807) is 11.8 Å². The fourth-order valence-corrected chi connectivity index (χ4v) is 3.25. The molecular weight excluding hydrogens is 262 g/mol. The normalized spacial score (nSPS) is 31.6. The van der Waals surface area contributed by atoms with Crippen molar-refractivity contribution in [2.45, 2.75) is 18.5 Å². The number of hydrogen-bond acceptors (Lipinski definition) is 7. The van der Waals surface area contributed by atoms with E-state index < -0.39 is 0 Å². The number of thioether (sulfide) groups is 1. The summed E-state index contributed by atoms with van der Waals surface area (Å²) in [4.78, 5) is 9.44. The second kappa shape index (κ2) is 5.78. The van der Waals surface area contributed by atoms with Gasteiger partial charge in [0.2, 0.25) is 5.89 Å². The van der Waals surface area contributed by atoms with Crippen LogP contribution in [-0.2, 0) is 0 Å². The molecule has 0 amide bonds. The molecule has 3 saturated heterocycles. The zero-order chi connectivity index (χ0) is 13.2. The van der Waals surface area contributed by atoms with Gasteiger partial charge in [-0.25, -0.2) is 0 Å². The number of nitrogens with zero attached hydrogens (tertiary/aromatic N) is 4. The first-order valence-electron chi connectivity index (χ1n) is 6.82. The van der Waals surface area contributed by atoms with Gasteiger partial charge in [0, 0.05) is 32.7 Å². The molecule has 0 radical (unpaired) electrons. The largest absolute Gasteiger partial charge is 0.338 e. The predicted octanol–water partition coefficient (Wildman–Crippen LogP) is 0.495. The Balaban J connectivity index is 1.67. The number of hydrogen-bond donors (Lipinski definition) is 1. The molecule has 3 aliphatic rings. The number of fused-ring (bicyclic) bond motifs is 3. The van der Waals surface area contributed by atoms with Crippen LogP contribution in [0.2, 0.25) is 0 Å². The highest BCUT2D eigenvalue weighted by Gasteiger charge is 2.35. The van der Waals surface area contributed by atoms with E-state index in [0.717, 1.165) is 50.7 Å². The third-order valence-electron chi connectivity index (χ3n) is 3.98. The number of rotatable bonds is 5. The molecule has 0 spiro atoms. The Labute approximate surface area is 117 Å². The van der Waals surface area contributed by atoms with Gasteiger partial charge in [-0.3, -0.25) is 9.80 Å². The summed E-state index contributed by atoms with van der Waals surface area (Å²) < 4.78 is 5.34. The molecule has 0 saturated carbocycles. The van der Waals surface area contributed by atoms with E-state index in [2.05, 4.69) is 26.2 Å². The van der Waals surface area contributed by atoms with Crippen LogP contribution in [0.1, 0.15) is 30.2 Å². The SMILES string of the molecule is CSCC[C@@H](N)c1nc(C2CN3CCN2CC3)no1. The van der Waals surface area contributed by atoms with Crippen molar-refractivity contribution in [1.29, 1.82) is 0 Å². The van der Waals surface area contributed by atoms with E-state index in [-0.39, 0.29) is 12.1 Å². The lowest BCUT2D eigenvalue weighted by molar-refractivity contribution is 0.00781. The standard InChI is InChI=1S/C12H21N5OS/c1-19-7-2-9(13)12-14-11(15-18-12)10-8-16-3-5-17(10)6-4-16/h9-10H,2-8,13H2,1H3/t9-,10?/m1/s1. The Morgan fingerprint density at radius 3 is 2.84 bits per heavy atom. The first-order chi connectivity index (χ1) is 9.28. The lowest BCUT2D eigenvalue weighted by Crippen LogP contribution is -2.57. The molecule has 6 nitrogen and oxygen atoms in total. The van der Waals surface area contributed by atoms with E-state index in [1.165, 1.54) is 0 Å². The quantitative estimate of drug-likeness (QED) is 0.843. The van der Waals surface area contributed by atoms with Gasteiger partial charge < -0.3 is 10.3 Å². The van der Waals surface area contributed by atoms with Gasteiger partial charge in [0.05, 0.1) is 12.1 Å². The molecule has 1 aromatic rings. The second-order valence-corrected chi connectivity index (χ2v) is 6.22. The van der Waals surface area contributed by atoms with Crippen LogP contribution in [0.15, 0.2) is 4.52 Å². The third-order valence-corrected chi connectivity index (χ3v) is 4.63. The van der Waals surface area contributed by atoms with Gasteiger partial charge in [-0.15, -0.1) is 0 Å². The predicted molar refractivity (Wildman–Crippen MR) is 75.0 cm³/mol. The molecule has 2 N–H and O–H groups in total. The Morgan fingerprint density at radius 2 is 2.21 bits per heavy atom. The Hall–Kier alpha value is -0.630. The van der Waals surface area contributed by atoms with Crippen molar-refractivity contribution in [2.75, 3.05) is 44.7 Å². The Morgan fingerprint density at radius 1 is 1.42 bits per heavy atom. The highest BCUT2D eigenvalue weighted by Crippen LogP contribution is 2.27. The fourth-order valence-electron chi connectivity index (χ4n) is 2.76. The minimum Gasteiger partial charge on any atom is -0.338 e. The molecule has 4 heterocycles. The first kappa shape index (κ1) is 13.4. The molecule has 7 heteroatoms. The Kier molecular flexibility index (Phi) is 4.07. The second-order valence-electron chi connectivity index (χ2n) is 5.23. The van der Waals surface area contributed by atoms with Crippen LogP contribution in [0.3, 0.4) is 0 Å². The lowest BCUT2D eigenvalue weighted by atomic mass is 10.1. The van der Waals surface area contributed by atoms with Gasteiger partial charge >= 0.3 is 0 Å². The van der Waals surface area contributed by atoms with Crippen molar-refractivity contribution in [3.8, 4) is 0 Å². The molecule has 3 fully saturated rings. The van der Waals surface area contributed by atoms with Crippen LogP contribution < -0.4 is 5.73 Å². The molecule has 106 valence electrons. The maximum Gasteiger partial charge on any atom is 0.243 e. The van der Waals surface area contributed by atoms with Crippen molar-refractivity contribution in [2.24, 2.45) is 5.73 Å². The molecule has 2 bridgehead atoms. The van der Waals surface area contributed by atoms with E-state index in [1.807, 2.05) is 0 Å². The number of aromatic nitrogens is 2. The smallest absolute Gasteiger partial charge is 0.243 e. The molecule has 1 unspecified atom stereocenters. The van der Waals surface area contributed by atoms with Crippen LogP contribution >= 0.6 is 11.8 Å². The minimum atomic E-state index is -0.134. The van der Waals surface area contributed by atoms with Crippen LogP contribution in [0.4, 0.5) is 0 Å². The van der Waals surface area contributed by atoms with Crippen molar-refractivity contribution in [1.82, 2.24) is 19.9 Å². The van der Waals surface area contributed by atoms with Crippen LogP contribution in [0, 0.1) is 0 Å². The molecule has 19 heavy (non-hydrogen) atoms. The number of piperazine rings is 3. The fraction of sp³-hybridized carbons (Fsp3) is 0.833. The third kappa shape index (κ3) is 2.79. The Bertz CT molecular complexity index is 418. The van der Waals surface area contributed by atoms with Crippen LogP contribution in [0.5, 0.6) is 0 Å². The summed E-state index contributed by atoms with van der Waals surface area (Å²) in [5, 5.41) is 4.15. The molecule has 0 aliphatic carbocycles. The zero-order valence-corrected chi connectivity index (χ0v) is 12.1. The summed E-state index contributed by atoms with van der Waals surface area (Å²) in [5.74, 6) is 2.41. The summed E-state index contributed by atoms with van der Waals surface area (Å²) in [7, 11) is 0. The highest BCUT2D eigenvalue weighted by molar-refractivity contribution is 7.98. The van der Waals surface area contributed by atoms with Gasteiger partial charge in [0.1, 0.15) is 0 Å². The maximum absolute atomic E-state index is 6.07. The van der Waals surface area contributed by atoms with E-state index >= 15 is 0 Å². The lowest BCUT2D eigenvalue weighted by Gasteiger charge is -2.46. The molecule has 4 rings (SSSR count). The highest BCUT2D eigenvalue weighted by atomic mass is 32.2. The van der Waals surface area contributed by atoms with Gasteiger partial charge in [-0.1, -0.05) is 5.16 Å². The molecule has 1 aromatic heterocycles. The summed E-state index contributed by atoms with van der Waals surface area (Å²) in [6.07, 6.45) is 2.95. The summed E-state index contributed by atoms with van der Waals surface area (Å²) in [5.41, 5.74) is 6.07.